The Kier molecular flexibility index (Phi) is 10.2. The van der Waals surface area contributed by atoms with Crippen molar-refractivity contribution in [2.45, 2.75) is 30.6 Å². The van der Waals surface area contributed by atoms with Crippen LogP contribution in [0.15, 0.2) is 47.4 Å². The van der Waals surface area contributed by atoms with Crippen molar-refractivity contribution in [2.75, 3.05) is 64.5 Å². The summed E-state index contributed by atoms with van der Waals surface area (Å²) in [6.07, 6.45) is 3.60. The van der Waals surface area contributed by atoms with E-state index in [0.29, 0.717) is 30.3 Å². The average molecular weight is 595 g/mol. The first-order valence-electron chi connectivity index (χ1n) is 13.1. The highest BCUT2D eigenvalue weighted by Gasteiger charge is 2.27. The number of methoxy groups -OCH3 is 1. The minimum atomic E-state index is -3.56. The lowest BCUT2D eigenvalue weighted by atomic mass is 10.2. The zero-order chi connectivity index (χ0) is 26.5. The summed E-state index contributed by atoms with van der Waals surface area (Å²) in [5, 5.41) is 0.616. The third-order valence-corrected chi connectivity index (χ3v) is 10.0. The second-order valence-electron chi connectivity index (χ2n) is 9.58. The van der Waals surface area contributed by atoms with Gasteiger partial charge in [0.25, 0.3) is 5.91 Å². The van der Waals surface area contributed by atoms with E-state index in [2.05, 4.69) is 4.90 Å². The van der Waals surface area contributed by atoms with Crippen LogP contribution in [0.2, 0.25) is 0 Å². The molecule has 1 amide bonds. The van der Waals surface area contributed by atoms with Crippen LogP contribution in [0.3, 0.4) is 0 Å². The van der Waals surface area contributed by atoms with Crippen molar-refractivity contribution in [3.63, 3.8) is 0 Å². The smallest absolute Gasteiger partial charge is 0.260 e. The van der Waals surface area contributed by atoms with Crippen LogP contribution in [0.4, 0.5) is 5.13 Å². The summed E-state index contributed by atoms with van der Waals surface area (Å²) in [5.41, 5.74) is 1.24. The molecule has 2 aliphatic heterocycles. The van der Waals surface area contributed by atoms with Crippen molar-refractivity contribution in [2.24, 2.45) is 0 Å². The number of aromatic nitrogens is 1. The van der Waals surface area contributed by atoms with E-state index in [-0.39, 0.29) is 23.2 Å². The number of ether oxygens (including phenoxy) is 2. The first kappa shape index (κ1) is 29.7. The molecule has 2 saturated heterocycles. The van der Waals surface area contributed by atoms with Gasteiger partial charge in [-0.15, -0.1) is 12.4 Å². The molecule has 9 nitrogen and oxygen atoms in total. The number of nitrogens with zero attached hydrogens (tertiary/aromatic N) is 4. The summed E-state index contributed by atoms with van der Waals surface area (Å²) in [5.74, 6) is 0.545. The van der Waals surface area contributed by atoms with E-state index in [9.17, 15) is 13.2 Å². The number of hydrogen-bond acceptors (Lipinski definition) is 8. The molecule has 0 saturated carbocycles. The zero-order valence-corrected chi connectivity index (χ0v) is 24.5. The van der Waals surface area contributed by atoms with E-state index in [1.165, 1.54) is 11.3 Å². The number of piperidine rings is 1. The van der Waals surface area contributed by atoms with Crippen LogP contribution in [0, 0.1) is 0 Å². The second-order valence-corrected chi connectivity index (χ2v) is 12.5. The minimum absolute atomic E-state index is 0. The number of carbonyl (C=O) groups excluding carboxylic acids is 1. The van der Waals surface area contributed by atoms with Crippen LogP contribution in [0.5, 0.6) is 5.75 Å². The van der Waals surface area contributed by atoms with Crippen molar-refractivity contribution < 1.29 is 22.7 Å². The number of anilines is 1. The number of benzene rings is 2. The van der Waals surface area contributed by atoms with Crippen LogP contribution in [0.25, 0.3) is 10.2 Å². The molecule has 12 heteroatoms. The van der Waals surface area contributed by atoms with Crippen molar-refractivity contribution >= 4 is 55.0 Å². The van der Waals surface area contributed by atoms with Gasteiger partial charge in [0.15, 0.2) is 5.13 Å². The van der Waals surface area contributed by atoms with Gasteiger partial charge in [-0.05, 0) is 61.7 Å². The van der Waals surface area contributed by atoms with Crippen LogP contribution in [-0.2, 0) is 14.8 Å². The molecule has 0 bridgehead atoms. The molecule has 39 heavy (non-hydrogen) atoms. The van der Waals surface area contributed by atoms with E-state index in [1.807, 2.05) is 18.2 Å². The summed E-state index contributed by atoms with van der Waals surface area (Å²) >= 11 is 1.45. The molecular formula is C27H35ClN4O5S2. The second kappa shape index (κ2) is 13.4. The number of rotatable bonds is 9. The maximum absolute atomic E-state index is 13.8. The summed E-state index contributed by atoms with van der Waals surface area (Å²) < 4.78 is 39.4. The van der Waals surface area contributed by atoms with Gasteiger partial charge in [0, 0.05) is 44.8 Å². The topological polar surface area (TPSA) is 92.3 Å². The van der Waals surface area contributed by atoms with Crippen molar-refractivity contribution in [1.29, 1.82) is 0 Å². The number of sulfonamides is 1. The Morgan fingerprint density at radius 1 is 1.05 bits per heavy atom. The van der Waals surface area contributed by atoms with Gasteiger partial charge in [-0.25, -0.2) is 13.4 Å². The van der Waals surface area contributed by atoms with Crippen LogP contribution < -0.4 is 9.64 Å². The number of hydrogen-bond donors (Lipinski definition) is 0. The summed E-state index contributed by atoms with van der Waals surface area (Å²) in [7, 11) is -1.93. The van der Waals surface area contributed by atoms with Gasteiger partial charge >= 0.3 is 0 Å². The molecule has 1 aromatic heterocycles. The molecule has 0 N–H and O–H groups in total. The Balaban J connectivity index is 0.00000353. The Morgan fingerprint density at radius 2 is 1.77 bits per heavy atom. The van der Waals surface area contributed by atoms with Gasteiger partial charge in [0.1, 0.15) is 5.75 Å². The van der Waals surface area contributed by atoms with E-state index in [1.54, 1.807) is 40.6 Å². The van der Waals surface area contributed by atoms with Gasteiger partial charge in [-0.3, -0.25) is 14.6 Å². The fraction of sp³-hybridized carbons (Fsp3) is 0.481. The number of thiazole rings is 1. The van der Waals surface area contributed by atoms with Gasteiger partial charge in [-0.1, -0.05) is 17.8 Å². The standard InChI is InChI=1S/C27H34N4O5S2.ClH/c1-35-22-8-11-24-25(20-22)37-27(28-24)31(15-5-12-29-16-18-36-19-17-29)26(32)21-6-9-23(10-7-21)38(33,34)30-13-3-2-4-14-30;/h6-11,20H,2-5,12-19H2,1H3;1H. The van der Waals surface area contributed by atoms with Crippen LogP contribution in [-0.4, -0.2) is 88.1 Å². The summed E-state index contributed by atoms with van der Waals surface area (Å²) in [6, 6.07) is 12.0. The molecule has 0 spiro atoms. The minimum Gasteiger partial charge on any atom is -0.497 e. The molecule has 3 heterocycles. The molecule has 3 aromatic rings. The molecule has 0 radical (unpaired) electrons. The van der Waals surface area contributed by atoms with Crippen molar-refractivity contribution in [1.82, 2.24) is 14.2 Å². The van der Waals surface area contributed by atoms with Crippen LogP contribution >= 0.6 is 23.7 Å². The Hall–Kier alpha value is -2.28. The maximum atomic E-state index is 13.8. The number of morpholine rings is 1. The average Bonchev–Trinajstić information content (AvgIpc) is 3.39. The van der Waals surface area contributed by atoms with E-state index in [4.69, 9.17) is 14.5 Å². The molecule has 0 aliphatic carbocycles. The van der Waals surface area contributed by atoms with E-state index in [0.717, 1.165) is 74.5 Å². The first-order valence-corrected chi connectivity index (χ1v) is 15.4. The number of halogens is 1. The summed E-state index contributed by atoms with van der Waals surface area (Å²) in [6.45, 7) is 5.69. The predicted molar refractivity (Wildman–Crippen MR) is 156 cm³/mol. The highest BCUT2D eigenvalue weighted by molar-refractivity contribution is 7.89. The fourth-order valence-electron chi connectivity index (χ4n) is 4.88. The molecule has 212 valence electrons. The maximum Gasteiger partial charge on any atom is 0.260 e. The third kappa shape index (κ3) is 6.90. The largest absolute Gasteiger partial charge is 0.497 e. The fourth-order valence-corrected chi connectivity index (χ4v) is 7.41. The lowest BCUT2D eigenvalue weighted by molar-refractivity contribution is 0.0376. The molecule has 2 aromatic carbocycles. The van der Waals surface area contributed by atoms with Crippen molar-refractivity contribution in [3.05, 3.63) is 48.0 Å². The lowest BCUT2D eigenvalue weighted by Crippen LogP contribution is -2.39. The highest BCUT2D eigenvalue weighted by atomic mass is 35.5. The van der Waals surface area contributed by atoms with E-state index < -0.39 is 10.0 Å². The first-order chi connectivity index (χ1) is 18.5. The Bertz CT molecular complexity index is 1350. The zero-order valence-electron chi connectivity index (χ0n) is 22.1. The van der Waals surface area contributed by atoms with Crippen LogP contribution in [0.1, 0.15) is 36.0 Å². The van der Waals surface area contributed by atoms with Gasteiger partial charge in [-0.2, -0.15) is 4.31 Å². The quantitative estimate of drug-likeness (QED) is 0.365. The Labute approximate surface area is 240 Å². The SMILES string of the molecule is COc1ccc2nc(N(CCCN3CCOCC3)C(=O)c3ccc(S(=O)(=O)N4CCCCC4)cc3)sc2c1.Cl. The molecule has 2 aliphatic rings. The molecule has 0 unspecified atom stereocenters. The van der Waals surface area contributed by atoms with E-state index >= 15 is 0 Å². The monoisotopic (exact) mass is 594 g/mol. The molecule has 5 rings (SSSR count). The number of carbonyl (C=O) groups is 1. The summed E-state index contributed by atoms with van der Waals surface area (Å²) in [4.78, 5) is 22.8. The lowest BCUT2D eigenvalue weighted by Gasteiger charge is -2.28. The number of fused-ring (bicyclic) bond motifs is 1. The molecule has 2 fully saturated rings. The van der Waals surface area contributed by atoms with Gasteiger partial charge in [0.2, 0.25) is 10.0 Å². The third-order valence-electron chi connectivity index (χ3n) is 7.07. The predicted octanol–water partition coefficient (Wildman–Crippen LogP) is 4.27. The Morgan fingerprint density at radius 3 is 2.46 bits per heavy atom. The molecular weight excluding hydrogens is 560 g/mol. The van der Waals surface area contributed by atoms with Crippen molar-refractivity contribution in [3.8, 4) is 5.75 Å². The van der Waals surface area contributed by atoms with Gasteiger partial charge < -0.3 is 9.47 Å². The number of amides is 1. The van der Waals surface area contributed by atoms with Gasteiger partial charge in [0.05, 0.1) is 35.4 Å². The normalized spacial score (nSPS) is 17.1. The highest BCUT2D eigenvalue weighted by Crippen LogP contribution is 2.32. The molecule has 0 atom stereocenters.